The van der Waals surface area contributed by atoms with Crippen molar-refractivity contribution in [1.29, 1.82) is 0 Å². The average molecular weight is 270 g/mol. The van der Waals surface area contributed by atoms with Gasteiger partial charge in [-0.3, -0.25) is 4.79 Å². The van der Waals surface area contributed by atoms with Gasteiger partial charge in [0.25, 0.3) is 5.91 Å². The van der Waals surface area contributed by atoms with Crippen LogP contribution in [-0.4, -0.2) is 17.4 Å². The van der Waals surface area contributed by atoms with E-state index >= 15 is 0 Å². The monoisotopic (exact) mass is 270 g/mol. The lowest BCUT2D eigenvalue weighted by Gasteiger charge is -2.22. The predicted octanol–water partition coefficient (Wildman–Crippen LogP) is 2.34. The van der Waals surface area contributed by atoms with Gasteiger partial charge in [-0.2, -0.15) is 0 Å². The molecule has 2 aromatic rings. The van der Waals surface area contributed by atoms with Crippen LogP contribution in [0.2, 0.25) is 0 Å². The van der Waals surface area contributed by atoms with E-state index in [0.717, 1.165) is 11.3 Å². The summed E-state index contributed by atoms with van der Waals surface area (Å²) in [5.74, 6) is 5.66. The number of hydrogen-bond acceptors (Lipinski definition) is 4. The molecule has 0 unspecified atom stereocenters. The zero-order valence-electron chi connectivity index (χ0n) is 11.6. The van der Waals surface area contributed by atoms with E-state index < -0.39 is 0 Å². The quantitative estimate of drug-likeness (QED) is 0.661. The van der Waals surface area contributed by atoms with Crippen molar-refractivity contribution in [3.8, 4) is 0 Å². The molecule has 5 nitrogen and oxygen atoms in total. The van der Waals surface area contributed by atoms with Crippen LogP contribution in [0.25, 0.3) is 0 Å². The number of anilines is 2. The van der Waals surface area contributed by atoms with E-state index in [1.54, 1.807) is 23.2 Å². The summed E-state index contributed by atoms with van der Waals surface area (Å²) in [7, 11) is 0. The minimum atomic E-state index is -0.127. The van der Waals surface area contributed by atoms with Crippen molar-refractivity contribution in [1.82, 2.24) is 4.98 Å². The van der Waals surface area contributed by atoms with Crippen LogP contribution in [0.5, 0.6) is 0 Å². The Balaban J connectivity index is 2.36. The zero-order valence-corrected chi connectivity index (χ0v) is 11.6. The number of carbonyl (C=O) groups excluding carboxylic acids is 1. The number of aromatic nitrogens is 1. The van der Waals surface area contributed by atoms with Gasteiger partial charge in [0.05, 0.1) is 5.56 Å². The van der Waals surface area contributed by atoms with Crippen LogP contribution in [0.3, 0.4) is 0 Å². The number of aryl methyl sites for hydroxylation is 1. The molecule has 5 heteroatoms. The van der Waals surface area contributed by atoms with Gasteiger partial charge < -0.3 is 10.3 Å². The fourth-order valence-corrected chi connectivity index (χ4v) is 2.01. The van der Waals surface area contributed by atoms with Gasteiger partial charge in [-0.15, -0.1) is 0 Å². The lowest BCUT2D eigenvalue weighted by atomic mass is 10.1. The van der Waals surface area contributed by atoms with Crippen LogP contribution in [0, 0.1) is 6.92 Å². The summed E-state index contributed by atoms with van der Waals surface area (Å²) < 4.78 is 0. The first-order chi connectivity index (χ1) is 9.67. The van der Waals surface area contributed by atoms with Crippen LogP contribution in [-0.2, 0) is 0 Å². The standard InChI is InChI=1S/C15H18N4O/c1-3-19(12-8-6-11(2)7-9-12)15(20)13-5-4-10-17-14(13)18-16/h4-10H,3,16H2,1-2H3,(H,17,18). The van der Waals surface area contributed by atoms with E-state index in [2.05, 4.69) is 10.4 Å². The summed E-state index contributed by atoms with van der Waals surface area (Å²) in [5.41, 5.74) is 4.93. The van der Waals surface area contributed by atoms with E-state index in [9.17, 15) is 4.79 Å². The highest BCUT2D eigenvalue weighted by Gasteiger charge is 2.19. The van der Waals surface area contributed by atoms with Gasteiger partial charge in [0.1, 0.15) is 0 Å². The van der Waals surface area contributed by atoms with Gasteiger partial charge in [-0.05, 0) is 38.1 Å². The van der Waals surface area contributed by atoms with E-state index in [1.165, 1.54) is 0 Å². The third kappa shape index (κ3) is 2.78. The molecular formula is C15H18N4O. The van der Waals surface area contributed by atoms with Crippen molar-refractivity contribution < 1.29 is 4.79 Å². The molecule has 104 valence electrons. The van der Waals surface area contributed by atoms with Crippen LogP contribution in [0.15, 0.2) is 42.6 Å². The predicted molar refractivity (Wildman–Crippen MR) is 80.6 cm³/mol. The maximum Gasteiger partial charge on any atom is 0.262 e. The van der Waals surface area contributed by atoms with Gasteiger partial charge in [0.2, 0.25) is 0 Å². The van der Waals surface area contributed by atoms with Crippen molar-refractivity contribution in [3.63, 3.8) is 0 Å². The molecule has 1 amide bonds. The molecule has 0 atom stereocenters. The first-order valence-corrected chi connectivity index (χ1v) is 6.47. The molecule has 0 spiro atoms. The molecule has 0 bridgehead atoms. The van der Waals surface area contributed by atoms with Crippen LogP contribution in [0.1, 0.15) is 22.8 Å². The number of benzene rings is 1. The number of nitrogens with zero attached hydrogens (tertiary/aromatic N) is 2. The van der Waals surface area contributed by atoms with Crippen molar-refractivity contribution in [2.24, 2.45) is 5.84 Å². The number of amides is 1. The van der Waals surface area contributed by atoms with Crippen molar-refractivity contribution in [2.75, 3.05) is 16.9 Å². The Morgan fingerprint density at radius 3 is 2.60 bits per heavy atom. The van der Waals surface area contributed by atoms with E-state index in [0.29, 0.717) is 17.9 Å². The molecule has 0 aliphatic carbocycles. The number of nitrogen functional groups attached to an aromatic ring is 1. The van der Waals surface area contributed by atoms with Gasteiger partial charge >= 0.3 is 0 Å². The Labute approximate surface area is 118 Å². The third-order valence-electron chi connectivity index (χ3n) is 3.08. The number of hydrogen-bond donors (Lipinski definition) is 2. The fraction of sp³-hybridized carbons (Fsp3) is 0.200. The van der Waals surface area contributed by atoms with Crippen LogP contribution < -0.4 is 16.2 Å². The van der Waals surface area contributed by atoms with Crippen molar-refractivity contribution in [3.05, 3.63) is 53.7 Å². The number of nitrogens with two attached hydrogens (primary N) is 1. The zero-order chi connectivity index (χ0) is 14.5. The molecule has 0 aliphatic rings. The van der Waals surface area contributed by atoms with Crippen molar-refractivity contribution >= 4 is 17.4 Å². The molecule has 1 aromatic carbocycles. The Hall–Kier alpha value is -2.40. The van der Waals surface area contributed by atoms with Crippen LogP contribution in [0.4, 0.5) is 11.5 Å². The molecular weight excluding hydrogens is 252 g/mol. The lowest BCUT2D eigenvalue weighted by Crippen LogP contribution is -2.31. The molecule has 0 saturated carbocycles. The average Bonchev–Trinajstić information content (AvgIpc) is 2.49. The number of pyridine rings is 1. The maximum absolute atomic E-state index is 12.6. The first-order valence-electron chi connectivity index (χ1n) is 6.47. The third-order valence-corrected chi connectivity index (χ3v) is 3.08. The Morgan fingerprint density at radius 1 is 1.30 bits per heavy atom. The second-order valence-corrected chi connectivity index (χ2v) is 4.43. The minimum Gasteiger partial charge on any atom is -0.309 e. The highest BCUT2D eigenvalue weighted by atomic mass is 16.2. The number of nitrogens with one attached hydrogen (secondary N) is 1. The summed E-state index contributed by atoms with van der Waals surface area (Å²) in [6, 6.07) is 11.3. The molecule has 1 heterocycles. The largest absolute Gasteiger partial charge is 0.309 e. The first kappa shape index (κ1) is 14.0. The number of carbonyl (C=O) groups is 1. The second kappa shape index (κ2) is 6.16. The Kier molecular flexibility index (Phi) is 4.32. The fourth-order valence-electron chi connectivity index (χ4n) is 2.01. The van der Waals surface area contributed by atoms with Crippen molar-refractivity contribution in [2.45, 2.75) is 13.8 Å². The summed E-state index contributed by atoms with van der Waals surface area (Å²) in [6.07, 6.45) is 1.59. The highest BCUT2D eigenvalue weighted by molar-refractivity contribution is 6.08. The minimum absolute atomic E-state index is 0.127. The smallest absolute Gasteiger partial charge is 0.262 e. The second-order valence-electron chi connectivity index (χ2n) is 4.43. The SMILES string of the molecule is CCN(C(=O)c1cccnc1NN)c1ccc(C)cc1. The van der Waals surface area contributed by atoms with Gasteiger partial charge in [-0.25, -0.2) is 10.8 Å². The normalized spacial score (nSPS) is 10.2. The molecule has 0 aliphatic heterocycles. The topological polar surface area (TPSA) is 71.2 Å². The highest BCUT2D eigenvalue weighted by Crippen LogP contribution is 2.20. The molecule has 20 heavy (non-hydrogen) atoms. The molecule has 2 rings (SSSR count). The summed E-state index contributed by atoms with van der Waals surface area (Å²) in [4.78, 5) is 18.4. The number of hydrazine groups is 1. The molecule has 1 aromatic heterocycles. The Morgan fingerprint density at radius 2 is 2.00 bits per heavy atom. The number of rotatable bonds is 4. The lowest BCUT2D eigenvalue weighted by molar-refractivity contribution is 0.0989. The van der Waals surface area contributed by atoms with Gasteiger partial charge in [0.15, 0.2) is 5.82 Å². The van der Waals surface area contributed by atoms with E-state index in [1.807, 2.05) is 38.1 Å². The van der Waals surface area contributed by atoms with Gasteiger partial charge in [0, 0.05) is 18.4 Å². The molecule has 0 radical (unpaired) electrons. The molecule has 3 N–H and O–H groups in total. The van der Waals surface area contributed by atoms with Crippen LogP contribution >= 0.6 is 0 Å². The van der Waals surface area contributed by atoms with E-state index in [-0.39, 0.29) is 5.91 Å². The summed E-state index contributed by atoms with van der Waals surface area (Å²) >= 11 is 0. The van der Waals surface area contributed by atoms with E-state index in [4.69, 9.17) is 5.84 Å². The summed E-state index contributed by atoms with van der Waals surface area (Å²) in [6.45, 7) is 4.52. The molecule has 0 saturated heterocycles. The molecule has 0 fully saturated rings. The van der Waals surface area contributed by atoms with Gasteiger partial charge in [-0.1, -0.05) is 17.7 Å². The maximum atomic E-state index is 12.6. The summed E-state index contributed by atoms with van der Waals surface area (Å²) in [5, 5.41) is 0. The Bertz CT molecular complexity index is 595.